The molecule has 3 nitrogen and oxygen atoms in total. The van der Waals surface area contributed by atoms with E-state index in [4.69, 9.17) is 0 Å². The van der Waals surface area contributed by atoms with Gasteiger partial charge in [-0.15, -0.1) is 0 Å². The molecule has 0 amide bonds. The van der Waals surface area contributed by atoms with Crippen LogP contribution in [0.2, 0.25) is 0 Å². The van der Waals surface area contributed by atoms with Crippen molar-refractivity contribution >= 4 is 110 Å². The average molecular weight is 1680 g/mol. The minimum Gasteiger partial charge on any atom is -0.310 e. The van der Waals surface area contributed by atoms with E-state index in [-0.39, 0.29) is 0 Å². The minimum atomic E-state index is -0.630. The number of hydrogen-bond donors (Lipinski definition) is 0. The Bertz CT molecular complexity index is 8550. The molecule has 0 unspecified atom stereocenters. The fourth-order valence-corrected chi connectivity index (χ4v) is 21.2. The van der Waals surface area contributed by atoms with Crippen LogP contribution in [-0.4, -0.2) is 4.57 Å². The van der Waals surface area contributed by atoms with Gasteiger partial charge in [-0.05, 0) is 280 Å². The summed E-state index contributed by atoms with van der Waals surface area (Å²) in [6, 6.07) is 192. The first-order valence-corrected chi connectivity index (χ1v) is 45.6. The van der Waals surface area contributed by atoms with Gasteiger partial charge in [0.1, 0.15) is 0 Å². The third kappa shape index (κ3) is 13.4. The maximum Gasteiger partial charge on any atom is 0.0714 e. The fourth-order valence-electron chi connectivity index (χ4n) is 21.2. The first-order chi connectivity index (χ1) is 65.4. The summed E-state index contributed by atoms with van der Waals surface area (Å²) in [6.45, 7) is 0. The average Bonchev–Trinajstić information content (AvgIpc) is 1.53. The highest BCUT2D eigenvalue weighted by atomic mass is 15.2. The number of hydrogen-bond acceptors (Lipinski definition) is 2. The molecule has 1 heterocycles. The number of benzene rings is 23. The molecule has 0 saturated carbocycles. The predicted molar refractivity (Wildman–Crippen MR) is 558 cm³/mol. The Morgan fingerprint density at radius 1 is 0.159 bits per heavy atom. The van der Waals surface area contributed by atoms with Gasteiger partial charge in [0, 0.05) is 39.0 Å². The van der Waals surface area contributed by atoms with Crippen LogP contribution in [0.15, 0.2) is 516 Å². The number of aromatic nitrogens is 1. The predicted octanol–water partition coefficient (Wildman–Crippen LogP) is 35.2. The molecule has 1 aliphatic rings. The van der Waals surface area contributed by atoms with Crippen molar-refractivity contribution in [2.45, 2.75) is 5.41 Å². The van der Waals surface area contributed by atoms with E-state index in [1.54, 1.807) is 0 Å². The Morgan fingerprint density at radius 3 is 1.09 bits per heavy atom. The zero-order valence-corrected chi connectivity index (χ0v) is 72.4. The van der Waals surface area contributed by atoms with Crippen molar-refractivity contribution in [2.75, 3.05) is 9.80 Å². The van der Waals surface area contributed by atoms with Gasteiger partial charge in [-0.1, -0.05) is 400 Å². The lowest BCUT2D eigenvalue weighted by atomic mass is 9.67. The summed E-state index contributed by atoms with van der Waals surface area (Å²) in [6.07, 6.45) is 0. The molecule has 0 atom stereocenters. The molecule has 1 aliphatic carbocycles. The Kier molecular flexibility index (Phi) is 18.8. The van der Waals surface area contributed by atoms with Crippen LogP contribution >= 0.6 is 0 Å². The van der Waals surface area contributed by atoms with E-state index >= 15 is 0 Å². The molecule has 0 saturated heterocycles. The second kappa shape index (κ2) is 32.3. The standard InChI is InChI=1S/C129H85N3/c1-4-26-86(27-5-1)96-34-24-35-97(76-96)89-62-68-111(69-63-89)131(125-48-22-23-49-126(125)132-123-46-20-17-42-119(123)120-43-18-21-47-124(120)132)128-84-103(98-56-50-87-28-10-12-31-94(87)77-98)67-74-116(128)105-61-55-91-52-58-100(80-107(91)82-105)99-57-51-90-53-59-101(81-106(90)79-99)102-66-73-115(104-60-54-88-29-11-13-32-95(88)78-104)127(83-102)130(110-70-64-93(65-71-110)114-44-25-33-92-30-14-15-40-113(92)114)112-72-75-118-117-41-16-19-45-121(117)129(122(118)85-112,108-36-6-2-7-37-108)109-38-8-3-9-39-109/h1-85H. The number of nitrogens with zero attached hydrogens (tertiary/aromatic N) is 3. The van der Waals surface area contributed by atoms with E-state index in [1.165, 1.54) is 98.5 Å². The third-order valence-corrected chi connectivity index (χ3v) is 27.6. The molecule has 0 N–H and O–H groups in total. The van der Waals surface area contributed by atoms with Crippen molar-refractivity contribution in [1.29, 1.82) is 0 Å². The van der Waals surface area contributed by atoms with Crippen LogP contribution in [0.25, 0.3) is 181 Å². The summed E-state index contributed by atoms with van der Waals surface area (Å²) in [5.74, 6) is 0. The third-order valence-electron chi connectivity index (χ3n) is 27.6. The van der Waals surface area contributed by atoms with Crippen LogP contribution in [0.4, 0.5) is 34.1 Å². The normalized spacial score (nSPS) is 12.2. The zero-order chi connectivity index (χ0) is 87.2. The molecular formula is C129H85N3. The van der Waals surface area contributed by atoms with Crippen LogP contribution in [0.3, 0.4) is 0 Å². The maximum absolute atomic E-state index is 2.53. The van der Waals surface area contributed by atoms with Gasteiger partial charge in [0.15, 0.2) is 0 Å². The zero-order valence-electron chi connectivity index (χ0n) is 72.4. The lowest BCUT2D eigenvalue weighted by Gasteiger charge is -2.35. The molecule has 23 aromatic carbocycles. The molecule has 0 aliphatic heterocycles. The number of anilines is 6. The highest BCUT2D eigenvalue weighted by molar-refractivity contribution is 6.11. The monoisotopic (exact) mass is 1680 g/mol. The molecule has 0 bridgehead atoms. The largest absolute Gasteiger partial charge is 0.310 e. The van der Waals surface area contributed by atoms with E-state index in [1.807, 2.05) is 0 Å². The Hall–Kier alpha value is -17.2. The van der Waals surface area contributed by atoms with Crippen LogP contribution in [0.1, 0.15) is 22.3 Å². The van der Waals surface area contributed by atoms with Crippen LogP contribution in [-0.2, 0) is 5.41 Å². The van der Waals surface area contributed by atoms with Gasteiger partial charge in [-0.2, -0.15) is 0 Å². The first kappa shape index (κ1) is 77.1. The minimum absolute atomic E-state index is 0.630. The van der Waals surface area contributed by atoms with E-state index < -0.39 is 5.41 Å². The number of fused-ring (bicyclic) bond motifs is 11. The van der Waals surface area contributed by atoms with Gasteiger partial charge in [-0.25, -0.2) is 0 Å². The quantitative estimate of drug-likeness (QED) is 0.0900. The van der Waals surface area contributed by atoms with Gasteiger partial charge in [-0.3, -0.25) is 0 Å². The van der Waals surface area contributed by atoms with Crippen molar-refractivity contribution in [3.05, 3.63) is 538 Å². The summed E-state index contributed by atoms with van der Waals surface area (Å²) in [5.41, 5.74) is 34.7. The van der Waals surface area contributed by atoms with Gasteiger partial charge in [0.2, 0.25) is 0 Å². The summed E-state index contributed by atoms with van der Waals surface area (Å²) < 4.78 is 2.47. The summed E-state index contributed by atoms with van der Waals surface area (Å²) in [7, 11) is 0. The van der Waals surface area contributed by atoms with Crippen LogP contribution < -0.4 is 9.80 Å². The molecule has 0 spiro atoms. The lowest BCUT2D eigenvalue weighted by molar-refractivity contribution is 0.768. The first-order valence-electron chi connectivity index (χ1n) is 45.6. The molecule has 1 aromatic heterocycles. The molecule has 24 aromatic rings. The molecule has 3 heteroatoms. The SMILES string of the molecule is c1ccc(-c2cccc(-c3ccc(N(c4cc(-c5ccc6ccccc6c5)ccc4-c4ccc5ccc(-c6ccc7ccc(-c8ccc(-c9ccc%10ccccc%10c9)c(N(c9ccc(-c%10cccc%11ccccc%10%11)cc9)c9ccc%10c(c9)C(c9ccccc9)(c9ccccc9)c9ccccc9-%10)c8)cc7c6)cc5c4)c4ccccc4-n4c5ccccc5c5ccccc54)cc3)c2)cc1. The topological polar surface area (TPSA) is 11.4 Å². The van der Waals surface area contributed by atoms with E-state index in [2.05, 4.69) is 530 Å². The molecule has 25 rings (SSSR count). The van der Waals surface area contributed by atoms with Crippen molar-refractivity contribution in [2.24, 2.45) is 0 Å². The van der Waals surface area contributed by atoms with E-state index in [0.29, 0.717) is 0 Å². The van der Waals surface area contributed by atoms with Gasteiger partial charge < -0.3 is 14.4 Å². The van der Waals surface area contributed by atoms with Crippen molar-refractivity contribution in [3.63, 3.8) is 0 Å². The van der Waals surface area contributed by atoms with Gasteiger partial charge >= 0.3 is 0 Å². The van der Waals surface area contributed by atoms with Crippen molar-refractivity contribution < 1.29 is 0 Å². The molecule has 132 heavy (non-hydrogen) atoms. The van der Waals surface area contributed by atoms with E-state index in [9.17, 15) is 0 Å². The summed E-state index contributed by atoms with van der Waals surface area (Å²) >= 11 is 0. The van der Waals surface area contributed by atoms with Crippen LogP contribution in [0.5, 0.6) is 0 Å². The fraction of sp³-hybridized carbons (Fsp3) is 0.00775. The highest BCUT2D eigenvalue weighted by Crippen LogP contribution is 2.59. The van der Waals surface area contributed by atoms with Crippen LogP contribution in [0, 0.1) is 0 Å². The molecule has 616 valence electrons. The molecular weight excluding hydrogens is 1590 g/mol. The molecule has 0 fully saturated rings. The smallest absolute Gasteiger partial charge is 0.0714 e. The highest BCUT2D eigenvalue weighted by Gasteiger charge is 2.46. The summed E-state index contributed by atoms with van der Waals surface area (Å²) in [4.78, 5) is 5.05. The van der Waals surface area contributed by atoms with Crippen molar-refractivity contribution in [3.8, 4) is 106 Å². The Morgan fingerprint density at radius 2 is 0.508 bits per heavy atom. The van der Waals surface area contributed by atoms with E-state index in [0.717, 1.165) is 139 Å². The van der Waals surface area contributed by atoms with Gasteiger partial charge in [0.05, 0.1) is 39.2 Å². The van der Waals surface area contributed by atoms with Gasteiger partial charge in [0.25, 0.3) is 0 Å². The van der Waals surface area contributed by atoms with Crippen molar-refractivity contribution in [1.82, 2.24) is 4.57 Å². The Labute approximate surface area is 767 Å². The Balaban J connectivity index is 0.637. The number of para-hydroxylation sites is 4. The lowest BCUT2D eigenvalue weighted by Crippen LogP contribution is -2.28. The summed E-state index contributed by atoms with van der Waals surface area (Å²) in [5, 5.41) is 14.3. The molecule has 0 radical (unpaired) electrons. The second-order valence-electron chi connectivity index (χ2n) is 35.0. The maximum atomic E-state index is 2.53. The second-order valence-corrected chi connectivity index (χ2v) is 35.0. The number of rotatable bonds is 17.